The highest BCUT2D eigenvalue weighted by atomic mass is 19.1. The summed E-state index contributed by atoms with van der Waals surface area (Å²) in [5.74, 6) is -1.42. The summed E-state index contributed by atoms with van der Waals surface area (Å²) in [7, 11) is 0. The molecule has 7 nitrogen and oxygen atoms in total. The third-order valence-electron chi connectivity index (χ3n) is 4.94. The van der Waals surface area contributed by atoms with Crippen LogP contribution in [0.4, 0.5) is 20.3 Å². The van der Waals surface area contributed by atoms with Crippen LogP contribution in [0.2, 0.25) is 0 Å². The Morgan fingerprint density at radius 3 is 2.73 bits per heavy atom. The first kappa shape index (κ1) is 17.0. The minimum Gasteiger partial charge on any atom is -0.392 e. The maximum absolute atomic E-state index is 14.7. The van der Waals surface area contributed by atoms with Crippen molar-refractivity contribution in [1.29, 1.82) is 0 Å². The van der Waals surface area contributed by atoms with Crippen molar-refractivity contribution in [1.82, 2.24) is 10.5 Å². The molecule has 2 fully saturated rings. The van der Waals surface area contributed by atoms with Crippen LogP contribution in [0.25, 0.3) is 11.0 Å². The fraction of sp³-hybridized carbons (Fsp3) is 0.529. The summed E-state index contributed by atoms with van der Waals surface area (Å²) in [6, 6.07) is 1.15. The number of nitrogen functional groups attached to an aromatic ring is 1. The van der Waals surface area contributed by atoms with E-state index in [2.05, 4.69) is 15.6 Å². The zero-order chi connectivity index (χ0) is 18.1. The van der Waals surface area contributed by atoms with Crippen LogP contribution >= 0.6 is 0 Å². The normalized spacial score (nSPS) is 19.2. The summed E-state index contributed by atoms with van der Waals surface area (Å²) in [6.45, 7) is 2.95. The number of hydrogen-bond acceptors (Lipinski definition) is 7. The number of rotatable bonds is 3. The molecule has 4 rings (SSSR count). The predicted molar refractivity (Wildman–Crippen MR) is 94.2 cm³/mol. The molecule has 3 heterocycles. The quantitative estimate of drug-likeness (QED) is 0.812. The Morgan fingerprint density at radius 2 is 2.00 bits per heavy atom. The van der Waals surface area contributed by atoms with Gasteiger partial charge >= 0.3 is 0 Å². The topological polar surface area (TPSA) is 88.9 Å². The lowest BCUT2D eigenvalue weighted by atomic mass is 10.1. The molecule has 0 aliphatic carbocycles. The van der Waals surface area contributed by atoms with Crippen molar-refractivity contribution in [3.8, 4) is 0 Å². The van der Waals surface area contributed by atoms with Gasteiger partial charge in [0.25, 0.3) is 0 Å². The highest BCUT2D eigenvalue weighted by Gasteiger charge is 2.25. The van der Waals surface area contributed by atoms with Gasteiger partial charge in [-0.15, -0.1) is 0 Å². The summed E-state index contributed by atoms with van der Waals surface area (Å²) in [5.41, 5.74) is 6.39. The maximum Gasteiger partial charge on any atom is 0.209 e. The van der Waals surface area contributed by atoms with Crippen LogP contribution in [-0.2, 0) is 4.84 Å². The molecule has 26 heavy (non-hydrogen) atoms. The number of piperidine rings is 2. The van der Waals surface area contributed by atoms with Gasteiger partial charge in [-0.2, -0.15) is 0 Å². The molecular formula is C17H21F2N5O2. The summed E-state index contributed by atoms with van der Waals surface area (Å²) >= 11 is 0. The number of fused-ring (bicyclic) bond motifs is 1. The zero-order valence-electron chi connectivity index (χ0n) is 14.3. The summed E-state index contributed by atoms with van der Waals surface area (Å²) < 4.78 is 33.8. The Labute approximate surface area is 149 Å². The number of nitrogens with one attached hydrogen (secondary N) is 1. The van der Waals surface area contributed by atoms with Gasteiger partial charge in [0.2, 0.25) is 5.58 Å². The molecular weight excluding hydrogens is 344 g/mol. The molecule has 0 bridgehead atoms. The van der Waals surface area contributed by atoms with Crippen molar-refractivity contribution in [2.45, 2.75) is 31.8 Å². The number of benzene rings is 1. The molecule has 0 radical (unpaired) electrons. The fourth-order valence-electron chi connectivity index (χ4n) is 3.43. The number of anilines is 2. The summed E-state index contributed by atoms with van der Waals surface area (Å²) in [5, 5.41) is 10.9. The van der Waals surface area contributed by atoms with Crippen molar-refractivity contribution >= 4 is 28.2 Å². The smallest absolute Gasteiger partial charge is 0.209 e. The van der Waals surface area contributed by atoms with Crippen LogP contribution < -0.4 is 16.0 Å². The number of halogens is 2. The lowest BCUT2D eigenvalue weighted by molar-refractivity contribution is 0.0368. The number of aromatic nitrogens is 1. The molecule has 9 heteroatoms. The number of nitrogens with zero attached hydrogens (tertiary/aromatic N) is 3. The lowest BCUT2D eigenvalue weighted by Crippen LogP contribution is -2.35. The highest BCUT2D eigenvalue weighted by Crippen LogP contribution is 2.33. The average molecular weight is 365 g/mol. The highest BCUT2D eigenvalue weighted by molar-refractivity contribution is 5.91. The van der Waals surface area contributed by atoms with Crippen LogP contribution in [0.15, 0.2) is 15.7 Å². The Balaban J connectivity index is 1.44. The summed E-state index contributed by atoms with van der Waals surface area (Å²) in [6.07, 6.45) is 3.35. The molecule has 140 valence electrons. The van der Waals surface area contributed by atoms with Crippen LogP contribution in [0.3, 0.4) is 0 Å². The third kappa shape index (κ3) is 3.18. The molecule has 0 atom stereocenters. The van der Waals surface area contributed by atoms with Crippen molar-refractivity contribution in [2.24, 2.45) is 5.16 Å². The van der Waals surface area contributed by atoms with Gasteiger partial charge in [0.05, 0.1) is 11.4 Å². The number of hydrogen-bond donors (Lipinski definition) is 2. The first-order chi connectivity index (χ1) is 12.6. The zero-order valence-corrected chi connectivity index (χ0v) is 14.3. The molecule has 2 aliphatic heterocycles. The molecule has 2 saturated heterocycles. The monoisotopic (exact) mass is 365 g/mol. The SMILES string of the molecule is Nc1noc2c(F)c(N3CCC(=NOC4CCNCC4)CC3)cc(F)c12. The third-order valence-corrected chi connectivity index (χ3v) is 4.94. The van der Waals surface area contributed by atoms with E-state index in [9.17, 15) is 8.78 Å². The second-order valence-electron chi connectivity index (χ2n) is 6.66. The van der Waals surface area contributed by atoms with Gasteiger partial charge in [0, 0.05) is 32.0 Å². The van der Waals surface area contributed by atoms with E-state index >= 15 is 0 Å². The van der Waals surface area contributed by atoms with E-state index in [1.54, 1.807) is 4.90 Å². The molecule has 0 spiro atoms. The van der Waals surface area contributed by atoms with E-state index in [1.165, 1.54) is 0 Å². The molecule has 1 aromatic heterocycles. The molecule has 2 aromatic rings. The second kappa shape index (κ2) is 7.06. The van der Waals surface area contributed by atoms with Crippen molar-refractivity contribution in [3.63, 3.8) is 0 Å². The van der Waals surface area contributed by atoms with Crippen LogP contribution in [0.1, 0.15) is 25.7 Å². The first-order valence-electron chi connectivity index (χ1n) is 8.83. The molecule has 0 amide bonds. The van der Waals surface area contributed by atoms with E-state index in [0.717, 1.165) is 37.7 Å². The van der Waals surface area contributed by atoms with Gasteiger partial charge in [-0.25, -0.2) is 8.78 Å². The van der Waals surface area contributed by atoms with E-state index in [-0.39, 0.29) is 28.6 Å². The molecule has 1 aromatic carbocycles. The minimum atomic E-state index is -0.642. The number of nitrogens with two attached hydrogens (primary N) is 1. The van der Waals surface area contributed by atoms with E-state index in [1.807, 2.05) is 0 Å². The Kier molecular flexibility index (Phi) is 4.62. The van der Waals surface area contributed by atoms with Gasteiger partial charge in [-0.05, 0) is 25.9 Å². The van der Waals surface area contributed by atoms with E-state index in [0.29, 0.717) is 25.9 Å². The molecule has 0 unspecified atom stereocenters. The largest absolute Gasteiger partial charge is 0.392 e. The van der Waals surface area contributed by atoms with E-state index < -0.39 is 11.6 Å². The van der Waals surface area contributed by atoms with E-state index in [4.69, 9.17) is 15.1 Å². The predicted octanol–water partition coefficient (Wildman–Crippen LogP) is 2.41. The van der Waals surface area contributed by atoms with Crippen LogP contribution in [-0.4, -0.2) is 43.2 Å². The van der Waals surface area contributed by atoms with Crippen molar-refractivity contribution in [2.75, 3.05) is 36.8 Å². The van der Waals surface area contributed by atoms with Crippen molar-refractivity contribution in [3.05, 3.63) is 17.7 Å². The van der Waals surface area contributed by atoms with Crippen LogP contribution in [0.5, 0.6) is 0 Å². The molecule has 2 aliphatic rings. The average Bonchev–Trinajstić information content (AvgIpc) is 3.07. The Morgan fingerprint density at radius 1 is 1.27 bits per heavy atom. The number of oxime groups is 1. The Bertz CT molecular complexity index is 822. The van der Waals surface area contributed by atoms with Gasteiger partial charge in [0.1, 0.15) is 17.3 Å². The van der Waals surface area contributed by atoms with Gasteiger partial charge in [-0.3, -0.25) is 0 Å². The second-order valence-corrected chi connectivity index (χ2v) is 6.66. The van der Waals surface area contributed by atoms with Crippen molar-refractivity contribution < 1.29 is 18.1 Å². The molecule has 0 saturated carbocycles. The van der Waals surface area contributed by atoms with Gasteiger partial charge < -0.3 is 25.3 Å². The lowest BCUT2D eigenvalue weighted by Gasteiger charge is -2.30. The molecule has 3 N–H and O–H groups in total. The first-order valence-corrected chi connectivity index (χ1v) is 8.83. The van der Waals surface area contributed by atoms with Gasteiger partial charge in [-0.1, -0.05) is 10.3 Å². The van der Waals surface area contributed by atoms with Gasteiger partial charge in [0.15, 0.2) is 11.6 Å². The summed E-state index contributed by atoms with van der Waals surface area (Å²) in [4.78, 5) is 7.40. The minimum absolute atomic E-state index is 0.110. The Hall–Kier alpha value is -2.42. The maximum atomic E-state index is 14.7. The van der Waals surface area contributed by atoms with Crippen LogP contribution in [0, 0.1) is 11.6 Å². The standard InChI is InChI=1S/C17H21F2N5O2/c18-12-9-13(15(19)16-14(12)17(20)23-26-16)24-7-3-10(4-8-24)22-25-11-1-5-21-6-2-11/h9,11,21H,1-8H2,(H2,20,23). The fourth-order valence-corrected chi connectivity index (χ4v) is 3.43.